The lowest BCUT2D eigenvalue weighted by Crippen LogP contribution is -2.17. The summed E-state index contributed by atoms with van der Waals surface area (Å²) < 4.78 is 0. The Kier molecular flexibility index (Phi) is 14.7. The molecule has 0 fully saturated rings. The Labute approximate surface area is 128 Å². The standard InChI is InChI=1S/C15H34P.HI/c1-6-9-12-16(15(4)5,13-10-7-2)14-11-8-3;/h15H,6-14H2,1-5H3;1H/q+1;. The lowest BCUT2D eigenvalue weighted by molar-refractivity contribution is 0.819. The van der Waals surface area contributed by atoms with Crippen LogP contribution in [0.15, 0.2) is 0 Å². The van der Waals surface area contributed by atoms with E-state index in [4.69, 9.17) is 0 Å². The maximum absolute atomic E-state index is 2.49. The Morgan fingerprint density at radius 1 is 0.706 bits per heavy atom. The van der Waals surface area contributed by atoms with Crippen molar-refractivity contribution in [2.24, 2.45) is 0 Å². The Bertz CT molecular complexity index is 135. The molecule has 0 spiro atoms. The molecule has 0 bridgehead atoms. The molecule has 2 heteroatoms. The van der Waals surface area contributed by atoms with E-state index in [0.717, 1.165) is 5.66 Å². The molecule has 17 heavy (non-hydrogen) atoms. The van der Waals surface area contributed by atoms with Gasteiger partial charge in [0.25, 0.3) is 0 Å². The maximum Gasteiger partial charge on any atom is 0.0641 e. The number of halogens is 1. The van der Waals surface area contributed by atoms with Crippen molar-refractivity contribution in [1.29, 1.82) is 0 Å². The van der Waals surface area contributed by atoms with E-state index in [0.29, 0.717) is 0 Å². The number of hydrogen-bond donors (Lipinski definition) is 0. The molecule has 0 atom stereocenters. The van der Waals surface area contributed by atoms with Gasteiger partial charge in [0.2, 0.25) is 0 Å². The highest BCUT2D eigenvalue weighted by atomic mass is 127. The molecule has 0 aliphatic carbocycles. The van der Waals surface area contributed by atoms with Gasteiger partial charge in [0.15, 0.2) is 0 Å². The molecule has 0 N–H and O–H groups in total. The second kappa shape index (κ2) is 12.2. The van der Waals surface area contributed by atoms with Crippen molar-refractivity contribution >= 4 is 31.2 Å². The smallest absolute Gasteiger partial charge is 0.0641 e. The fraction of sp³-hybridized carbons (Fsp3) is 1.00. The van der Waals surface area contributed by atoms with Crippen molar-refractivity contribution in [2.45, 2.75) is 78.8 Å². The molecule has 0 saturated carbocycles. The van der Waals surface area contributed by atoms with Crippen LogP contribution in [0.1, 0.15) is 73.1 Å². The third kappa shape index (κ3) is 8.03. The van der Waals surface area contributed by atoms with Gasteiger partial charge in [-0.1, -0.05) is 40.0 Å². The van der Waals surface area contributed by atoms with Gasteiger partial charge < -0.3 is 0 Å². The van der Waals surface area contributed by atoms with Crippen LogP contribution in [0.2, 0.25) is 0 Å². The molecule has 106 valence electrons. The van der Waals surface area contributed by atoms with Gasteiger partial charge in [0, 0.05) is 7.26 Å². The largest absolute Gasteiger partial charge is 0.107 e. The first-order chi connectivity index (χ1) is 7.63. The molecule has 0 radical (unpaired) electrons. The second-order valence-electron chi connectivity index (χ2n) is 5.54. The van der Waals surface area contributed by atoms with Gasteiger partial charge in [0.1, 0.15) is 0 Å². The van der Waals surface area contributed by atoms with Crippen LogP contribution in [-0.4, -0.2) is 24.1 Å². The summed E-state index contributed by atoms with van der Waals surface area (Å²) in [6, 6.07) is 0. The summed E-state index contributed by atoms with van der Waals surface area (Å²) in [5.41, 5.74) is 0.970. The Hall–Kier alpha value is 1.16. The summed E-state index contributed by atoms with van der Waals surface area (Å²) in [6.45, 7) is 12.0. The molecule has 0 aromatic carbocycles. The van der Waals surface area contributed by atoms with Crippen molar-refractivity contribution in [2.75, 3.05) is 18.5 Å². The zero-order valence-electron chi connectivity index (χ0n) is 12.8. The fourth-order valence-corrected chi connectivity index (χ4v) is 7.59. The van der Waals surface area contributed by atoms with Crippen LogP contribution in [0.3, 0.4) is 0 Å². The van der Waals surface area contributed by atoms with E-state index >= 15 is 0 Å². The molecule has 0 nitrogen and oxygen atoms in total. The summed E-state index contributed by atoms with van der Waals surface area (Å²) in [5.74, 6) is 0. The van der Waals surface area contributed by atoms with Crippen LogP contribution in [0, 0.1) is 0 Å². The summed E-state index contributed by atoms with van der Waals surface area (Å²) in [5, 5.41) is 0. The van der Waals surface area contributed by atoms with Crippen LogP contribution < -0.4 is 0 Å². The summed E-state index contributed by atoms with van der Waals surface area (Å²) in [6.07, 6.45) is 13.3. The topological polar surface area (TPSA) is 0 Å². The van der Waals surface area contributed by atoms with E-state index in [9.17, 15) is 0 Å². The van der Waals surface area contributed by atoms with Gasteiger partial charge in [-0.25, -0.2) is 0 Å². The SMILES string of the molecule is CCCC[P+](CCCC)(CCCC)C(C)C.I. The molecule has 0 amide bonds. The molecule has 0 heterocycles. The minimum absolute atomic E-state index is 0. The van der Waals surface area contributed by atoms with E-state index in [1.807, 2.05) is 0 Å². The number of hydrogen-bond acceptors (Lipinski definition) is 0. The van der Waals surface area contributed by atoms with Crippen molar-refractivity contribution in [3.8, 4) is 0 Å². The molecule has 0 saturated heterocycles. The maximum atomic E-state index is 2.49. The van der Waals surface area contributed by atoms with Gasteiger partial charge in [-0.2, -0.15) is 0 Å². The predicted octanol–water partition coefficient (Wildman–Crippen LogP) is 6.43. The summed E-state index contributed by atoms with van der Waals surface area (Å²) in [4.78, 5) is 0. The van der Waals surface area contributed by atoms with Crippen molar-refractivity contribution in [3.05, 3.63) is 0 Å². The normalized spacial score (nSPS) is 11.6. The molecule has 0 rings (SSSR count). The third-order valence-electron chi connectivity index (χ3n) is 3.97. The molecular formula is C15H35IP+. The first kappa shape index (κ1) is 20.5. The van der Waals surface area contributed by atoms with Crippen LogP contribution >= 0.6 is 31.2 Å². The molecule has 0 unspecified atom stereocenters. The number of rotatable bonds is 10. The Morgan fingerprint density at radius 3 is 1.18 bits per heavy atom. The first-order valence-electron chi connectivity index (χ1n) is 7.48. The average Bonchev–Trinajstić information content (AvgIpc) is 2.28. The second-order valence-corrected chi connectivity index (χ2v) is 10.4. The lowest BCUT2D eigenvalue weighted by Gasteiger charge is -2.31. The van der Waals surface area contributed by atoms with Crippen LogP contribution in [-0.2, 0) is 0 Å². The lowest BCUT2D eigenvalue weighted by atomic mass is 10.4. The van der Waals surface area contributed by atoms with Crippen molar-refractivity contribution in [1.82, 2.24) is 0 Å². The van der Waals surface area contributed by atoms with E-state index in [1.54, 1.807) is 18.5 Å². The van der Waals surface area contributed by atoms with E-state index < -0.39 is 7.26 Å². The molecule has 0 aliphatic rings. The van der Waals surface area contributed by atoms with Gasteiger partial charge in [0.05, 0.1) is 24.1 Å². The number of unbranched alkanes of at least 4 members (excludes halogenated alkanes) is 3. The highest BCUT2D eigenvalue weighted by molar-refractivity contribution is 14.0. The average molecular weight is 373 g/mol. The first-order valence-corrected chi connectivity index (χ1v) is 9.90. The zero-order chi connectivity index (χ0) is 12.4. The molecule has 0 aromatic rings. The minimum atomic E-state index is -0.618. The summed E-state index contributed by atoms with van der Waals surface area (Å²) >= 11 is 0. The Balaban J connectivity index is 0. The quantitative estimate of drug-likeness (QED) is 0.306. The minimum Gasteiger partial charge on any atom is -0.107 e. The van der Waals surface area contributed by atoms with Crippen LogP contribution in [0.5, 0.6) is 0 Å². The van der Waals surface area contributed by atoms with Gasteiger partial charge in [-0.15, -0.1) is 24.0 Å². The monoisotopic (exact) mass is 373 g/mol. The van der Waals surface area contributed by atoms with E-state index in [2.05, 4.69) is 34.6 Å². The molecule has 0 aliphatic heterocycles. The van der Waals surface area contributed by atoms with Gasteiger partial charge in [-0.05, 0) is 33.1 Å². The van der Waals surface area contributed by atoms with Crippen molar-refractivity contribution < 1.29 is 0 Å². The highest BCUT2D eigenvalue weighted by Gasteiger charge is 2.38. The third-order valence-corrected chi connectivity index (χ3v) is 9.78. The molecular weight excluding hydrogens is 338 g/mol. The zero-order valence-corrected chi connectivity index (χ0v) is 16.0. The highest BCUT2D eigenvalue weighted by Crippen LogP contribution is 2.64. The van der Waals surface area contributed by atoms with Crippen LogP contribution in [0.4, 0.5) is 0 Å². The van der Waals surface area contributed by atoms with E-state index in [1.165, 1.54) is 38.5 Å². The van der Waals surface area contributed by atoms with Gasteiger partial charge >= 0.3 is 0 Å². The van der Waals surface area contributed by atoms with Crippen LogP contribution in [0.25, 0.3) is 0 Å². The Morgan fingerprint density at radius 2 is 1.00 bits per heavy atom. The molecule has 0 aromatic heterocycles. The van der Waals surface area contributed by atoms with Gasteiger partial charge in [-0.3, -0.25) is 0 Å². The summed E-state index contributed by atoms with van der Waals surface area (Å²) in [7, 11) is -0.618. The van der Waals surface area contributed by atoms with Crippen molar-refractivity contribution in [3.63, 3.8) is 0 Å². The predicted molar refractivity (Wildman–Crippen MR) is 96.8 cm³/mol. The van der Waals surface area contributed by atoms with E-state index in [-0.39, 0.29) is 24.0 Å². The fourth-order valence-electron chi connectivity index (χ4n) is 2.53.